The van der Waals surface area contributed by atoms with Gasteiger partial charge in [-0.2, -0.15) is 0 Å². The zero-order chi connectivity index (χ0) is 28.5. The van der Waals surface area contributed by atoms with Crippen LogP contribution in [-0.2, 0) is 20.7 Å². The van der Waals surface area contributed by atoms with Crippen LogP contribution < -0.4 is 4.74 Å². The molecule has 7 unspecified atom stereocenters. The first-order chi connectivity index (χ1) is 18.3. The first kappa shape index (κ1) is 27.2. The Morgan fingerprint density at radius 1 is 1.08 bits per heavy atom. The van der Waals surface area contributed by atoms with Crippen molar-refractivity contribution in [2.75, 3.05) is 7.11 Å². The molecule has 5 N–H and O–H groups in total. The summed E-state index contributed by atoms with van der Waals surface area (Å²) in [6.07, 6.45) is -11.2. The Morgan fingerprint density at radius 3 is 2.38 bits per heavy atom. The summed E-state index contributed by atoms with van der Waals surface area (Å²) >= 11 is 0. The summed E-state index contributed by atoms with van der Waals surface area (Å²) in [7, 11) is 1.30. The lowest BCUT2D eigenvalue weighted by molar-refractivity contribution is -0.294. The fourth-order valence-electron chi connectivity index (χ4n) is 5.57. The predicted octanol–water partition coefficient (Wildman–Crippen LogP) is 1.01. The van der Waals surface area contributed by atoms with E-state index in [2.05, 4.69) is 0 Å². The molecule has 2 aromatic rings. The van der Waals surface area contributed by atoms with Crippen LogP contribution in [-0.4, -0.2) is 86.4 Å². The average molecular weight is 547 g/mol. The third-order valence-electron chi connectivity index (χ3n) is 7.80. The van der Waals surface area contributed by atoms with Crippen LogP contribution in [0.4, 0.5) is 4.39 Å². The second-order valence-corrected chi connectivity index (χ2v) is 10.1. The monoisotopic (exact) mass is 546 g/mol. The first-order valence-corrected chi connectivity index (χ1v) is 12.2. The lowest BCUT2D eigenvalue weighted by atomic mass is 9.72. The van der Waals surface area contributed by atoms with E-state index in [0.29, 0.717) is 0 Å². The minimum Gasteiger partial charge on any atom is -0.507 e. The molecule has 1 heterocycles. The Balaban J connectivity index is 1.70. The standard InChI is InChI=1S/C27H27FO11/c1-9-20(30)25(35)19(28)26(38-9)39-14-8-27(36,10(2)29)7-12-16(14)24(34)18-17(22(12)32)21(31)11-5-4-6-13(37-3)15(11)23(18)33/h4-6,9,14,19-20,25-26,30,32,34-36H,7-8H2,1-3H3. The lowest BCUT2D eigenvalue weighted by Crippen LogP contribution is -2.56. The second kappa shape index (κ2) is 9.35. The van der Waals surface area contributed by atoms with Crippen molar-refractivity contribution in [3.63, 3.8) is 0 Å². The Morgan fingerprint density at radius 2 is 1.74 bits per heavy atom. The van der Waals surface area contributed by atoms with E-state index in [4.69, 9.17) is 14.2 Å². The first-order valence-electron chi connectivity index (χ1n) is 12.2. The maximum absolute atomic E-state index is 14.9. The largest absolute Gasteiger partial charge is 0.507 e. The van der Waals surface area contributed by atoms with E-state index in [1.54, 1.807) is 0 Å². The molecule has 208 valence electrons. The van der Waals surface area contributed by atoms with E-state index in [9.17, 15) is 44.3 Å². The van der Waals surface area contributed by atoms with Gasteiger partial charge in [0.05, 0.1) is 36.0 Å². The number of fused-ring (bicyclic) bond motifs is 3. The van der Waals surface area contributed by atoms with E-state index in [0.717, 1.165) is 6.92 Å². The SMILES string of the molecule is COc1cccc2c1C(=O)c1c(O)c3c(c(O)c1C2=O)CC(O)(C(C)=O)CC3OC1OC(C)C(O)C(O)C1F. The summed E-state index contributed by atoms with van der Waals surface area (Å²) in [5.74, 6) is -3.81. The third kappa shape index (κ3) is 3.94. The third-order valence-corrected chi connectivity index (χ3v) is 7.80. The number of hydrogen-bond acceptors (Lipinski definition) is 11. The molecule has 0 bridgehead atoms. The Kier molecular flexibility index (Phi) is 6.51. The summed E-state index contributed by atoms with van der Waals surface area (Å²) in [5.41, 5.74) is -3.93. The van der Waals surface area contributed by atoms with Gasteiger partial charge in [0.25, 0.3) is 0 Å². The predicted molar refractivity (Wildman–Crippen MR) is 129 cm³/mol. The number of aliphatic hydroxyl groups is 3. The highest BCUT2D eigenvalue weighted by molar-refractivity contribution is 6.31. The number of aliphatic hydroxyl groups excluding tert-OH is 2. The number of benzene rings is 2. The number of aromatic hydroxyl groups is 2. The number of alkyl halides is 1. The van der Waals surface area contributed by atoms with Gasteiger partial charge < -0.3 is 39.7 Å². The molecule has 11 nitrogen and oxygen atoms in total. The highest BCUT2D eigenvalue weighted by atomic mass is 19.1. The summed E-state index contributed by atoms with van der Waals surface area (Å²) < 4.78 is 31.3. The minimum absolute atomic E-state index is 0.0595. The molecule has 3 aliphatic rings. The van der Waals surface area contributed by atoms with E-state index in [1.807, 2.05) is 0 Å². The van der Waals surface area contributed by atoms with Crippen LogP contribution in [0.3, 0.4) is 0 Å². The molecule has 0 amide bonds. The van der Waals surface area contributed by atoms with Gasteiger partial charge in [-0.25, -0.2) is 4.39 Å². The van der Waals surface area contributed by atoms with Crippen molar-refractivity contribution >= 4 is 17.3 Å². The molecule has 12 heteroatoms. The highest BCUT2D eigenvalue weighted by Gasteiger charge is 2.51. The molecular formula is C27H27FO11. The molecule has 1 fully saturated rings. The summed E-state index contributed by atoms with van der Waals surface area (Å²) in [6.45, 7) is 2.46. The van der Waals surface area contributed by atoms with Crippen LogP contribution >= 0.6 is 0 Å². The molecule has 1 saturated heterocycles. The number of carbonyl (C=O) groups is 3. The molecule has 2 aliphatic carbocycles. The van der Waals surface area contributed by atoms with Gasteiger partial charge in [0, 0.05) is 29.5 Å². The molecule has 0 radical (unpaired) electrons. The fraction of sp³-hybridized carbons (Fsp3) is 0.444. The highest BCUT2D eigenvalue weighted by Crippen LogP contribution is 2.52. The van der Waals surface area contributed by atoms with Crippen molar-refractivity contribution in [3.05, 3.63) is 51.6 Å². The van der Waals surface area contributed by atoms with E-state index in [1.165, 1.54) is 32.2 Å². The maximum Gasteiger partial charge on any atom is 0.202 e. The van der Waals surface area contributed by atoms with Gasteiger partial charge in [-0.1, -0.05) is 12.1 Å². The van der Waals surface area contributed by atoms with E-state index < -0.39 is 95.3 Å². The van der Waals surface area contributed by atoms with Crippen molar-refractivity contribution in [1.29, 1.82) is 0 Å². The van der Waals surface area contributed by atoms with Crippen LogP contribution in [0.2, 0.25) is 0 Å². The van der Waals surface area contributed by atoms with Crippen molar-refractivity contribution in [1.82, 2.24) is 0 Å². The molecule has 7 atom stereocenters. The smallest absolute Gasteiger partial charge is 0.202 e. The molecule has 39 heavy (non-hydrogen) atoms. The van der Waals surface area contributed by atoms with Crippen molar-refractivity contribution in [2.45, 2.75) is 69.2 Å². The van der Waals surface area contributed by atoms with Crippen molar-refractivity contribution in [2.24, 2.45) is 0 Å². The maximum atomic E-state index is 14.9. The summed E-state index contributed by atoms with van der Waals surface area (Å²) in [4.78, 5) is 39.5. The number of methoxy groups -OCH3 is 1. The summed E-state index contributed by atoms with van der Waals surface area (Å²) in [5, 5.41) is 53.9. The minimum atomic E-state index is -2.26. The number of phenols is 2. The van der Waals surface area contributed by atoms with Gasteiger partial charge >= 0.3 is 0 Å². The Hall–Kier alpha value is -3.42. The number of rotatable bonds is 4. The van der Waals surface area contributed by atoms with Gasteiger partial charge in [-0.3, -0.25) is 14.4 Å². The molecule has 0 spiro atoms. The number of halogens is 1. The number of ketones is 3. The zero-order valence-electron chi connectivity index (χ0n) is 21.2. The van der Waals surface area contributed by atoms with Crippen LogP contribution in [0.5, 0.6) is 17.2 Å². The molecule has 2 aromatic carbocycles. The van der Waals surface area contributed by atoms with Gasteiger partial charge in [0.15, 0.2) is 24.0 Å². The van der Waals surface area contributed by atoms with Crippen LogP contribution in [0.1, 0.15) is 69.3 Å². The van der Waals surface area contributed by atoms with Crippen LogP contribution in [0.25, 0.3) is 0 Å². The van der Waals surface area contributed by atoms with Gasteiger partial charge in [-0.05, 0) is 19.9 Å². The normalized spacial score (nSPS) is 31.8. The van der Waals surface area contributed by atoms with Gasteiger partial charge in [-0.15, -0.1) is 0 Å². The Bertz CT molecular complexity index is 1400. The molecule has 0 aromatic heterocycles. The number of hydrogen-bond donors (Lipinski definition) is 5. The second-order valence-electron chi connectivity index (χ2n) is 10.1. The molecule has 1 aliphatic heterocycles. The fourth-order valence-corrected chi connectivity index (χ4v) is 5.57. The van der Waals surface area contributed by atoms with E-state index >= 15 is 0 Å². The van der Waals surface area contributed by atoms with Gasteiger partial charge in [0.1, 0.15) is 35.1 Å². The zero-order valence-corrected chi connectivity index (χ0v) is 21.2. The number of ether oxygens (including phenoxy) is 3. The molecule has 5 rings (SSSR count). The number of phenolic OH excluding ortho intramolecular Hbond substituents is 2. The average Bonchev–Trinajstić information content (AvgIpc) is 2.90. The lowest BCUT2D eigenvalue weighted by Gasteiger charge is -2.42. The molecular weight excluding hydrogens is 519 g/mol. The van der Waals surface area contributed by atoms with E-state index in [-0.39, 0.29) is 28.0 Å². The van der Waals surface area contributed by atoms with Crippen molar-refractivity contribution < 1.29 is 58.5 Å². The summed E-state index contributed by atoms with van der Waals surface area (Å²) in [6, 6.07) is 4.29. The van der Waals surface area contributed by atoms with Gasteiger partial charge in [0.2, 0.25) is 5.78 Å². The topological polar surface area (TPSA) is 180 Å². The van der Waals surface area contributed by atoms with Crippen LogP contribution in [0, 0.1) is 0 Å². The van der Waals surface area contributed by atoms with Crippen molar-refractivity contribution in [3.8, 4) is 17.2 Å². The molecule has 0 saturated carbocycles. The quantitative estimate of drug-likeness (QED) is 0.295. The Labute approximate surface area is 221 Å². The van der Waals surface area contributed by atoms with Crippen LogP contribution in [0.15, 0.2) is 18.2 Å². The number of carbonyl (C=O) groups excluding carboxylic acids is 3. The number of Topliss-reactive ketones (excluding diaryl/α,β-unsaturated/α-hetero) is 1.